The van der Waals surface area contributed by atoms with Gasteiger partial charge in [0.25, 0.3) is 0 Å². The topological polar surface area (TPSA) is 342 Å². The number of nitrogens with zero attached hydrogens (tertiary/aromatic N) is 2. The molecule has 0 aromatic rings. The Bertz CT molecular complexity index is 91.2. The summed E-state index contributed by atoms with van der Waals surface area (Å²) in [5.41, 5.74) is 0. The normalized spacial score (nSPS) is 3.67. The molecule has 0 aromatic carbocycles. The Morgan fingerprint density at radius 2 is 0.778 bits per heavy atom. The van der Waals surface area contributed by atoms with Crippen LogP contribution in [0.15, 0.2) is 0 Å². The number of hydrogen-bond donors (Lipinski definition) is 1. The smallest absolute Gasteiger partial charge is 0.412 e. The predicted octanol–water partition coefficient (Wildman–Crippen LogP) is -5.43. The van der Waals surface area contributed by atoms with Gasteiger partial charge in [0.05, 0.1) is 10.2 Å². The van der Waals surface area contributed by atoms with Crippen LogP contribution in [0.2, 0.25) is 0 Å². The van der Waals surface area contributed by atoms with Crippen LogP contribution < -0.4 is 0 Å². The van der Waals surface area contributed by atoms with Crippen LogP contribution in [-0.2, 0) is 19.5 Å². The molecule has 0 rings (SSSR count). The minimum absolute atomic E-state index is 0. The van der Waals surface area contributed by atoms with Crippen LogP contribution in [0, 0.1) is 30.6 Å². The third-order valence-electron chi connectivity index (χ3n) is 0. The molecule has 0 radical (unpaired) electrons. The van der Waals surface area contributed by atoms with E-state index in [9.17, 15) is 0 Å². The van der Waals surface area contributed by atoms with E-state index in [1.54, 1.807) is 6.92 Å². The molecule has 0 spiro atoms. The molecule has 0 fully saturated rings. The quantitative estimate of drug-likeness (QED) is 0.252. The van der Waals surface area contributed by atoms with Gasteiger partial charge in [-0.05, 0) is 6.92 Å². The van der Waals surface area contributed by atoms with Crippen molar-refractivity contribution in [1.29, 1.82) is 0 Å². The van der Waals surface area contributed by atoms with Gasteiger partial charge in [-0.15, -0.1) is 0 Å². The molecule has 0 saturated carbocycles. The fraction of sp³-hybridized carbons (Fsp3) is 1.00. The van der Waals surface area contributed by atoms with E-state index >= 15 is 0 Å². The van der Waals surface area contributed by atoms with E-state index in [0.717, 1.165) is 0 Å². The van der Waals surface area contributed by atoms with Crippen LogP contribution in [0.5, 0.6) is 0 Å². The molecule has 0 aliphatic rings. The minimum atomic E-state index is -1.75. The first-order chi connectivity index (χ1) is 4.88. The maximum Gasteiger partial charge on any atom is 2.00 e. The molecule has 16 heteroatoms. The van der Waals surface area contributed by atoms with Crippen molar-refractivity contribution in [2.24, 2.45) is 0 Å². The van der Waals surface area contributed by atoms with Crippen molar-refractivity contribution >= 4 is 0 Å². The van der Waals surface area contributed by atoms with Crippen molar-refractivity contribution in [3.63, 3.8) is 0 Å². The number of aliphatic hydroxyl groups is 1. The number of rotatable bonds is 0. The monoisotopic (exact) mass is 342 g/mol. The molecule has 0 saturated heterocycles. The molecule has 0 bridgehead atoms. The van der Waals surface area contributed by atoms with Crippen LogP contribution in [0.3, 0.4) is 0 Å². The maximum atomic E-state index is 8.25. The van der Waals surface area contributed by atoms with E-state index in [2.05, 4.69) is 0 Å². The summed E-state index contributed by atoms with van der Waals surface area (Å²) in [4.78, 5) is 16.5. The Balaban J connectivity index is -0.00000000562. The van der Waals surface area contributed by atoms with Crippen molar-refractivity contribution in [2.75, 3.05) is 6.61 Å². The first-order valence-corrected chi connectivity index (χ1v) is 2.12. The zero-order valence-electron chi connectivity index (χ0n) is 9.21. The molecular weight excluding hydrogens is 325 g/mol. The average molecular weight is 344 g/mol. The second-order valence-corrected chi connectivity index (χ2v) is 0.763. The zero-order chi connectivity index (χ0) is 9.86. The summed E-state index contributed by atoms with van der Waals surface area (Å²) in [7, 11) is 0. The predicted molar refractivity (Wildman–Crippen MR) is 55.2 cm³/mol. The molecule has 0 aliphatic heterocycles. The van der Waals surface area contributed by atoms with Gasteiger partial charge in [0.2, 0.25) is 0 Å². The van der Waals surface area contributed by atoms with Crippen LogP contribution >= 0.6 is 0 Å². The maximum absolute atomic E-state index is 8.25. The Hall–Kier alpha value is -1.26. The summed E-state index contributed by atoms with van der Waals surface area (Å²) in [5, 5.41) is 37.1. The third-order valence-corrected chi connectivity index (χ3v) is 0. The van der Waals surface area contributed by atoms with Gasteiger partial charge in [0.15, 0.2) is 0 Å². The van der Waals surface area contributed by atoms with Crippen molar-refractivity contribution in [1.82, 2.24) is 0 Å². The molecule has 0 atom stereocenters. The minimum Gasteiger partial charge on any atom is -0.412 e. The third kappa shape index (κ3) is 1760. The van der Waals surface area contributed by atoms with Crippen molar-refractivity contribution in [3.8, 4) is 0 Å². The first-order valence-electron chi connectivity index (χ1n) is 2.12. The first kappa shape index (κ1) is 91.3. The molecule has 15 nitrogen and oxygen atoms in total. The Morgan fingerprint density at radius 3 is 0.778 bits per heavy atom. The van der Waals surface area contributed by atoms with E-state index in [0.29, 0.717) is 0 Å². The van der Waals surface area contributed by atoms with Crippen LogP contribution in [0.25, 0.3) is 0 Å². The zero-order valence-corrected chi connectivity index (χ0v) is 12.2. The van der Waals surface area contributed by atoms with Gasteiger partial charge in [-0.2, -0.15) is 0 Å². The van der Waals surface area contributed by atoms with Crippen molar-refractivity contribution < 1.29 is 67.6 Å². The molecule has 116 valence electrons. The van der Waals surface area contributed by atoms with Gasteiger partial charge in [-0.1, -0.05) is 0 Å². The van der Waals surface area contributed by atoms with E-state index in [1.165, 1.54) is 0 Å². The second-order valence-electron chi connectivity index (χ2n) is 0.763. The average Bonchev–Trinajstić information content (AvgIpc) is 1.60. The molecule has 0 aromatic heterocycles. The molecule has 13 N–H and O–H groups in total. The van der Waals surface area contributed by atoms with Gasteiger partial charge in [-0.3, -0.25) is 0 Å². The van der Waals surface area contributed by atoms with Gasteiger partial charge < -0.3 is 68.6 Å². The van der Waals surface area contributed by atoms with Crippen LogP contribution in [0.1, 0.15) is 6.92 Å². The Kier molecular flexibility index (Phi) is 526. The van der Waals surface area contributed by atoms with E-state index in [4.69, 9.17) is 35.7 Å². The fourth-order valence-electron chi connectivity index (χ4n) is 0. The van der Waals surface area contributed by atoms with Crippen molar-refractivity contribution in [2.45, 2.75) is 6.92 Å². The summed E-state index contributed by atoms with van der Waals surface area (Å²) >= 11 is 0. The SMILES string of the molecule is CCO.O.O.O.O.O.O.O=[N+]([O-])[O-].O=[N+]([O-])[O-].[Zn+2]. The van der Waals surface area contributed by atoms with Gasteiger partial charge in [-0.25, -0.2) is 0 Å². The number of aliphatic hydroxyl groups excluding tert-OH is 1. The van der Waals surface area contributed by atoms with E-state index < -0.39 is 10.2 Å². The van der Waals surface area contributed by atoms with Crippen LogP contribution in [0.4, 0.5) is 0 Å². The Labute approximate surface area is 112 Å². The summed E-state index contributed by atoms with van der Waals surface area (Å²) in [5.74, 6) is 0. The molecule has 0 aliphatic carbocycles. The van der Waals surface area contributed by atoms with Crippen LogP contribution in [-0.4, -0.2) is 54.7 Å². The largest absolute Gasteiger partial charge is 2.00 e. The number of hydrogen-bond acceptors (Lipinski definition) is 7. The summed E-state index contributed by atoms with van der Waals surface area (Å²) in [6.07, 6.45) is 0. The molecule has 0 heterocycles. The summed E-state index contributed by atoms with van der Waals surface area (Å²) in [6.45, 7) is 1.93. The van der Waals surface area contributed by atoms with Gasteiger partial charge >= 0.3 is 19.5 Å². The van der Waals surface area contributed by atoms with E-state index in [-0.39, 0.29) is 58.9 Å². The second kappa shape index (κ2) is 104. The molecule has 0 amide bonds. The Morgan fingerprint density at radius 1 is 0.778 bits per heavy atom. The molecule has 0 unspecified atom stereocenters. The van der Waals surface area contributed by atoms with Gasteiger partial charge in [0.1, 0.15) is 0 Å². The van der Waals surface area contributed by atoms with E-state index in [1.807, 2.05) is 0 Å². The summed E-state index contributed by atoms with van der Waals surface area (Å²) < 4.78 is 0. The molecule has 18 heavy (non-hydrogen) atoms. The van der Waals surface area contributed by atoms with Crippen molar-refractivity contribution in [3.05, 3.63) is 30.6 Å². The standard InChI is InChI=1S/C2H6O.2NO3.6H2O.Zn/c1-2-3;2*2-1(3)4;;;;;;;/h3H,2H2,1H3;;;6*1H2;/q;2*-1;;;;;;;+2. The fourth-order valence-corrected chi connectivity index (χ4v) is 0. The summed E-state index contributed by atoms with van der Waals surface area (Å²) in [6, 6.07) is 0. The van der Waals surface area contributed by atoms with Gasteiger partial charge in [0, 0.05) is 6.61 Å². The molecular formula is C2H18N2O13Zn.